The number of aromatic nitrogens is 1. The molecule has 0 aliphatic rings. The molecule has 1 heterocycles. The van der Waals surface area contributed by atoms with Crippen molar-refractivity contribution >= 4 is 29.3 Å². The third kappa shape index (κ3) is 3.70. The third-order valence-corrected chi connectivity index (χ3v) is 2.76. The molecule has 0 aromatic carbocycles. The fraction of sp³-hybridized carbons (Fsp3) is 0.333. The summed E-state index contributed by atoms with van der Waals surface area (Å²) in [6.07, 6.45) is 0. The van der Waals surface area contributed by atoms with Crippen LogP contribution in [0.3, 0.4) is 0 Å². The van der Waals surface area contributed by atoms with Crippen molar-refractivity contribution in [2.24, 2.45) is 0 Å². The average molecular weight is 248 g/mol. The van der Waals surface area contributed by atoms with Gasteiger partial charge in [0, 0.05) is 12.9 Å². The van der Waals surface area contributed by atoms with Gasteiger partial charge in [-0.25, -0.2) is 9.78 Å². The van der Waals surface area contributed by atoms with Gasteiger partial charge in [0.25, 0.3) is 0 Å². The van der Waals surface area contributed by atoms with Crippen molar-refractivity contribution in [2.45, 2.75) is 5.03 Å². The Kier molecular flexibility index (Phi) is 4.87. The molecule has 15 heavy (non-hydrogen) atoms. The molecule has 0 fully saturated rings. The van der Waals surface area contributed by atoms with Crippen LogP contribution in [-0.2, 0) is 4.74 Å². The minimum atomic E-state index is -1.12. The molecule has 0 aliphatic carbocycles. The zero-order valence-corrected chi connectivity index (χ0v) is 9.64. The van der Waals surface area contributed by atoms with E-state index >= 15 is 0 Å². The maximum atomic E-state index is 10.7. The highest BCUT2D eigenvalue weighted by Crippen LogP contribution is 2.20. The van der Waals surface area contributed by atoms with Crippen molar-refractivity contribution in [3.05, 3.63) is 22.8 Å². The molecule has 0 aliphatic heterocycles. The lowest BCUT2D eigenvalue weighted by molar-refractivity contribution is 0.0690. The quantitative estimate of drug-likeness (QED) is 0.638. The van der Waals surface area contributed by atoms with E-state index in [2.05, 4.69) is 4.98 Å². The number of carbonyl (C=O) groups is 1. The highest BCUT2D eigenvalue weighted by Gasteiger charge is 2.11. The number of carboxylic acids is 1. The van der Waals surface area contributed by atoms with E-state index in [9.17, 15) is 4.79 Å². The number of nitrogens with zero attached hydrogens (tertiary/aromatic N) is 1. The molecule has 0 amide bonds. The highest BCUT2D eigenvalue weighted by atomic mass is 35.5. The topological polar surface area (TPSA) is 59.4 Å². The SMILES string of the molecule is COCCSc1ccc(Cl)c(C(=O)O)n1. The van der Waals surface area contributed by atoms with Crippen LogP contribution in [0, 0.1) is 0 Å². The number of rotatable bonds is 5. The first-order valence-corrected chi connectivity index (χ1v) is 5.53. The van der Waals surface area contributed by atoms with Gasteiger partial charge in [0.15, 0.2) is 5.69 Å². The van der Waals surface area contributed by atoms with Crippen LogP contribution in [0.5, 0.6) is 0 Å². The van der Waals surface area contributed by atoms with Crippen LogP contribution in [0.2, 0.25) is 5.02 Å². The van der Waals surface area contributed by atoms with Crippen molar-refractivity contribution in [1.82, 2.24) is 4.98 Å². The van der Waals surface area contributed by atoms with E-state index in [0.717, 1.165) is 5.75 Å². The zero-order valence-electron chi connectivity index (χ0n) is 8.07. The van der Waals surface area contributed by atoms with Gasteiger partial charge >= 0.3 is 5.97 Å². The lowest BCUT2D eigenvalue weighted by atomic mass is 10.3. The van der Waals surface area contributed by atoms with Gasteiger partial charge in [0.2, 0.25) is 0 Å². The van der Waals surface area contributed by atoms with E-state index in [0.29, 0.717) is 11.6 Å². The van der Waals surface area contributed by atoms with Crippen LogP contribution in [0.15, 0.2) is 17.2 Å². The number of methoxy groups -OCH3 is 1. The highest BCUT2D eigenvalue weighted by molar-refractivity contribution is 7.99. The number of ether oxygens (including phenoxy) is 1. The van der Waals surface area contributed by atoms with Gasteiger partial charge < -0.3 is 9.84 Å². The van der Waals surface area contributed by atoms with Gasteiger partial charge in [-0.05, 0) is 12.1 Å². The van der Waals surface area contributed by atoms with Crippen LogP contribution in [-0.4, -0.2) is 35.5 Å². The van der Waals surface area contributed by atoms with Crippen LogP contribution < -0.4 is 0 Å². The molecule has 0 unspecified atom stereocenters. The molecule has 0 saturated heterocycles. The monoisotopic (exact) mass is 247 g/mol. The Morgan fingerprint density at radius 1 is 1.67 bits per heavy atom. The van der Waals surface area contributed by atoms with Crippen molar-refractivity contribution in [3.63, 3.8) is 0 Å². The minimum absolute atomic E-state index is 0.112. The summed E-state index contributed by atoms with van der Waals surface area (Å²) in [7, 11) is 1.61. The maximum Gasteiger partial charge on any atom is 0.356 e. The zero-order chi connectivity index (χ0) is 11.3. The van der Waals surface area contributed by atoms with E-state index in [4.69, 9.17) is 21.4 Å². The normalized spacial score (nSPS) is 10.3. The number of hydrogen-bond donors (Lipinski definition) is 1. The Labute approximate surface area is 96.6 Å². The first-order chi connectivity index (χ1) is 7.15. The summed E-state index contributed by atoms with van der Waals surface area (Å²) >= 11 is 7.10. The first-order valence-electron chi connectivity index (χ1n) is 4.16. The lowest BCUT2D eigenvalue weighted by Crippen LogP contribution is -2.02. The summed E-state index contributed by atoms with van der Waals surface area (Å²) in [5, 5.41) is 9.57. The fourth-order valence-electron chi connectivity index (χ4n) is 0.884. The molecule has 0 bridgehead atoms. The minimum Gasteiger partial charge on any atom is -0.476 e. The summed E-state index contributed by atoms with van der Waals surface area (Å²) < 4.78 is 4.87. The molecule has 6 heteroatoms. The van der Waals surface area contributed by atoms with E-state index < -0.39 is 5.97 Å². The number of pyridine rings is 1. The molecule has 0 atom stereocenters. The smallest absolute Gasteiger partial charge is 0.356 e. The van der Waals surface area contributed by atoms with E-state index in [1.54, 1.807) is 13.2 Å². The van der Waals surface area contributed by atoms with Gasteiger partial charge in [0.1, 0.15) is 0 Å². The second-order valence-corrected chi connectivity index (χ2v) is 4.15. The van der Waals surface area contributed by atoms with Crippen molar-refractivity contribution in [2.75, 3.05) is 19.5 Å². The van der Waals surface area contributed by atoms with Crippen LogP contribution >= 0.6 is 23.4 Å². The van der Waals surface area contributed by atoms with E-state index in [-0.39, 0.29) is 10.7 Å². The van der Waals surface area contributed by atoms with Gasteiger partial charge in [0.05, 0.1) is 16.7 Å². The molecule has 1 rings (SSSR count). The molecule has 0 radical (unpaired) electrons. The molecule has 1 N–H and O–H groups in total. The maximum absolute atomic E-state index is 10.7. The molecule has 0 spiro atoms. The van der Waals surface area contributed by atoms with Gasteiger partial charge in [-0.15, -0.1) is 11.8 Å². The molecule has 82 valence electrons. The second-order valence-electron chi connectivity index (χ2n) is 2.63. The third-order valence-electron chi connectivity index (χ3n) is 1.56. The van der Waals surface area contributed by atoms with Crippen molar-refractivity contribution in [3.8, 4) is 0 Å². The van der Waals surface area contributed by atoms with Crippen LogP contribution in [0.25, 0.3) is 0 Å². The molecule has 1 aromatic heterocycles. The summed E-state index contributed by atoms with van der Waals surface area (Å²) in [6, 6.07) is 3.22. The Morgan fingerprint density at radius 2 is 2.40 bits per heavy atom. The fourth-order valence-corrected chi connectivity index (χ4v) is 1.85. The summed E-state index contributed by atoms with van der Waals surface area (Å²) in [4.78, 5) is 14.6. The summed E-state index contributed by atoms with van der Waals surface area (Å²) in [5.41, 5.74) is -0.112. The molecule has 4 nitrogen and oxygen atoms in total. The Hall–Kier alpha value is -0.780. The number of aromatic carboxylic acids is 1. The van der Waals surface area contributed by atoms with Gasteiger partial charge in [-0.2, -0.15) is 0 Å². The first kappa shape index (κ1) is 12.3. The number of hydrogen-bond acceptors (Lipinski definition) is 4. The predicted octanol–water partition coefficient (Wildman–Crippen LogP) is 2.17. The lowest BCUT2D eigenvalue weighted by Gasteiger charge is -2.02. The van der Waals surface area contributed by atoms with Crippen molar-refractivity contribution < 1.29 is 14.6 Å². The standard InChI is InChI=1S/C9H10ClNO3S/c1-14-4-5-15-7-3-2-6(10)8(11-7)9(12)13/h2-3H,4-5H2,1H3,(H,12,13). The Bertz CT molecular complexity index is 359. The molecular formula is C9H10ClNO3S. The number of thioether (sulfide) groups is 1. The molecular weight excluding hydrogens is 238 g/mol. The molecule has 0 saturated carbocycles. The van der Waals surface area contributed by atoms with Gasteiger partial charge in [-0.3, -0.25) is 0 Å². The average Bonchev–Trinajstić information content (AvgIpc) is 2.20. The predicted molar refractivity (Wildman–Crippen MR) is 58.8 cm³/mol. The molecule has 1 aromatic rings. The number of carboxylic acid groups (broad SMARTS) is 1. The van der Waals surface area contributed by atoms with Crippen molar-refractivity contribution in [1.29, 1.82) is 0 Å². The Morgan fingerprint density at radius 3 is 3.00 bits per heavy atom. The largest absolute Gasteiger partial charge is 0.476 e. The number of halogens is 1. The van der Waals surface area contributed by atoms with E-state index in [1.807, 2.05) is 0 Å². The van der Waals surface area contributed by atoms with Crippen LogP contribution in [0.1, 0.15) is 10.5 Å². The van der Waals surface area contributed by atoms with Crippen LogP contribution in [0.4, 0.5) is 0 Å². The Balaban J connectivity index is 2.74. The van der Waals surface area contributed by atoms with E-state index in [1.165, 1.54) is 17.8 Å². The second kappa shape index (κ2) is 5.95. The van der Waals surface area contributed by atoms with Gasteiger partial charge in [-0.1, -0.05) is 11.6 Å². The summed E-state index contributed by atoms with van der Waals surface area (Å²) in [5.74, 6) is -0.390. The summed E-state index contributed by atoms with van der Waals surface area (Å²) in [6.45, 7) is 0.595.